The van der Waals surface area contributed by atoms with Gasteiger partial charge in [-0.1, -0.05) is 28.9 Å². The van der Waals surface area contributed by atoms with Gasteiger partial charge in [-0.25, -0.2) is 0 Å². The maximum atomic E-state index is 12.4. The Hall–Kier alpha value is -2.14. The van der Waals surface area contributed by atoms with Crippen LogP contribution < -0.4 is 0 Å². The van der Waals surface area contributed by atoms with Gasteiger partial charge in [0.2, 0.25) is 11.8 Å². The third-order valence-electron chi connectivity index (χ3n) is 3.91. The standard InChI is InChI=1S/C17H18ClN3O2/c1-12-19-17(23-20-12)14-3-2-10-21(11-14)16(22)9-6-13-4-7-15(18)8-5-13/h4-9,14H,2-3,10-11H2,1H3. The highest BCUT2D eigenvalue weighted by atomic mass is 35.5. The van der Waals surface area contributed by atoms with Crippen LogP contribution in [0, 0.1) is 6.92 Å². The first-order valence-corrected chi connectivity index (χ1v) is 8.02. The lowest BCUT2D eigenvalue weighted by Gasteiger charge is -2.30. The van der Waals surface area contributed by atoms with Gasteiger partial charge in [0.1, 0.15) is 0 Å². The molecule has 6 heteroatoms. The molecule has 0 bridgehead atoms. The van der Waals surface area contributed by atoms with Crippen LogP contribution >= 0.6 is 11.6 Å². The van der Waals surface area contributed by atoms with Gasteiger partial charge in [0.25, 0.3) is 0 Å². The molecule has 1 atom stereocenters. The van der Waals surface area contributed by atoms with Crippen LogP contribution in [0.3, 0.4) is 0 Å². The van der Waals surface area contributed by atoms with Crippen LogP contribution in [0.5, 0.6) is 0 Å². The summed E-state index contributed by atoms with van der Waals surface area (Å²) in [4.78, 5) is 18.5. The SMILES string of the molecule is Cc1noc(C2CCCN(C(=O)C=Cc3ccc(Cl)cc3)C2)n1. The van der Waals surface area contributed by atoms with Crippen molar-refractivity contribution in [3.05, 3.63) is 52.6 Å². The molecule has 0 spiro atoms. The lowest BCUT2D eigenvalue weighted by atomic mass is 9.98. The van der Waals surface area contributed by atoms with E-state index in [1.165, 1.54) is 0 Å². The Morgan fingerprint density at radius 1 is 1.39 bits per heavy atom. The number of hydrogen-bond acceptors (Lipinski definition) is 4. The van der Waals surface area contributed by atoms with Gasteiger partial charge in [0, 0.05) is 24.2 Å². The Bertz CT molecular complexity index is 709. The number of amides is 1. The van der Waals surface area contributed by atoms with Gasteiger partial charge < -0.3 is 9.42 Å². The van der Waals surface area contributed by atoms with E-state index in [9.17, 15) is 4.79 Å². The number of carbonyl (C=O) groups excluding carboxylic acids is 1. The van der Waals surface area contributed by atoms with E-state index < -0.39 is 0 Å². The first kappa shape index (κ1) is 15.7. The molecule has 1 amide bonds. The molecule has 5 nitrogen and oxygen atoms in total. The highest BCUT2D eigenvalue weighted by molar-refractivity contribution is 6.30. The smallest absolute Gasteiger partial charge is 0.246 e. The zero-order chi connectivity index (χ0) is 16.2. The van der Waals surface area contributed by atoms with Crippen LogP contribution in [-0.2, 0) is 4.79 Å². The molecule has 2 heterocycles. The number of piperidine rings is 1. The molecular weight excluding hydrogens is 314 g/mol. The largest absolute Gasteiger partial charge is 0.339 e. The average Bonchev–Trinajstić information content (AvgIpc) is 3.01. The van der Waals surface area contributed by atoms with E-state index in [0.717, 1.165) is 24.9 Å². The predicted molar refractivity (Wildman–Crippen MR) is 88.1 cm³/mol. The van der Waals surface area contributed by atoms with Crippen LogP contribution in [0.4, 0.5) is 0 Å². The molecule has 1 aromatic heterocycles. The van der Waals surface area contributed by atoms with E-state index in [1.807, 2.05) is 17.0 Å². The zero-order valence-corrected chi connectivity index (χ0v) is 13.7. The Labute approximate surface area is 139 Å². The molecule has 2 aromatic rings. The molecular formula is C17H18ClN3O2. The summed E-state index contributed by atoms with van der Waals surface area (Å²) in [6, 6.07) is 7.37. The number of hydrogen-bond donors (Lipinski definition) is 0. The monoisotopic (exact) mass is 331 g/mol. The number of aryl methyl sites for hydroxylation is 1. The molecule has 0 aliphatic carbocycles. The maximum absolute atomic E-state index is 12.4. The van der Waals surface area contributed by atoms with Gasteiger partial charge >= 0.3 is 0 Å². The van der Waals surface area contributed by atoms with Crippen molar-refractivity contribution in [2.24, 2.45) is 0 Å². The first-order chi connectivity index (χ1) is 11.1. The summed E-state index contributed by atoms with van der Waals surface area (Å²) in [5.41, 5.74) is 0.948. The summed E-state index contributed by atoms with van der Waals surface area (Å²) < 4.78 is 5.24. The molecule has 1 saturated heterocycles. The molecule has 1 aliphatic heterocycles. The van der Waals surface area contributed by atoms with Gasteiger partial charge in [0.05, 0.1) is 5.92 Å². The van der Waals surface area contributed by atoms with Crippen molar-refractivity contribution in [2.45, 2.75) is 25.7 Å². The number of rotatable bonds is 3. The molecule has 120 valence electrons. The second-order valence-corrected chi connectivity index (χ2v) is 6.12. The van der Waals surface area contributed by atoms with Crippen LogP contribution in [-0.4, -0.2) is 34.0 Å². The fourth-order valence-corrected chi connectivity index (χ4v) is 2.83. The molecule has 1 fully saturated rings. The minimum absolute atomic E-state index is 0.000822. The third kappa shape index (κ3) is 3.99. The summed E-state index contributed by atoms with van der Waals surface area (Å²) in [5, 5.41) is 4.51. The maximum Gasteiger partial charge on any atom is 0.246 e. The Morgan fingerprint density at radius 3 is 2.87 bits per heavy atom. The van der Waals surface area contributed by atoms with E-state index in [-0.39, 0.29) is 11.8 Å². The van der Waals surface area contributed by atoms with Gasteiger partial charge in [-0.2, -0.15) is 4.98 Å². The van der Waals surface area contributed by atoms with Gasteiger partial charge in [-0.3, -0.25) is 4.79 Å². The molecule has 0 N–H and O–H groups in total. The van der Waals surface area contributed by atoms with Crippen LogP contribution in [0.2, 0.25) is 5.02 Å². The van der Waals surface area contributed by atoms with Gasteiger partial charge in [-0.15, -0.1) is 0 Å². The predicted octanol–water partition coefficient (Wildman–Crippen LogP) is 3.45. The fraction of sp³-hybridized carbons (Fsp3) is 0.353. The summed E-state index contributed by atoms with van der Waals surface area (Å²) in [6.45, 7) is 3.17. The van der Waals surface area contributed by atoms with Gasteiger partial charge in [-0.05, 0) is 43.5 Å². The Kier molecular flexibility index (Phi) is 4.76. The van der Waals surface area contributed by atoms with E-state index >= 15 is 0 Å². The Morgan fingerprint density at radius 2 is 2.17 bits per heavy atom. The minimum atomic E-state index is 0.000822. The molecule has 0 saturated carbocycles. The van der Waals surface area contributed by atoms with Crippen molar-refractivity contribution in [2.75, 3.05) is 13.1 Å². The van der Waals surface area contributed by atoms with E-state index in [2.05, 4.69) is 10.1 Å². The molecule has 1 aromatic carbocycles. The quantitative estimate of drug-likeness (QED) is 0.808. The van der Waals surface area contributed by atoms with Crippen LogP contribution in [0.1, 0.15) is 36.0 Å². The van der Waals surface area contributed by atoms with Crippen molar-refractivity contribution in [1.82, 2.24) is 15.0 Å². The number of nitrogens with zero attached hydrogens (tertiary/aromatic N) is 3. The van der Waals surface area contributed by atoms with Gasteiger partial charge in [0.15, 0.2) is 5.82 Å². The molecule has 23 heavy (non-hydrogen) atoms. The number of likely N-dealkylation sites (tertiary alicyclic amines) is 1. The minimum Gasteiger partial charge on any atom is -0.339 e. The van der Waals surface area contributed by atoms with Crippen molar-refractivity contribution in [3.8, 4) is 0 Å². The summed E-state index contributed by atoms with van der Waals surface area (Å²) in [5.74, 6) is 1.38. The zero-order valence-electron chi connectivity index (χ0n) is 12.9. The summed E-state index contributed by atoms with van der Waals surface area (Å²) in [6.07, 6.45) is 5.31. The van der Waals surface area contributed by atoms with Crippen molar-refractivity contribution < 1.29 is 9.32 Å². The van der Waals surface area contributed by atoms with Crippen molar-refractivity contribution in [1.29, 1.82) is 0 Å². The third-order valence-corrected chi connectivity index (χ3v) is 4.17. The van der Waals surface area contributed by atoms with E-state index in [1.54, 1.807) is 31.2 Å². The summed E-state index contributed by atoms with van der Waals surface area (Å²) in [7, 11) is 0. The lowest BCUT2D eigenvalue weighted by molar-refractivity contribution is -0.127. The van der Waals surface area contributed by atoms with Crippen molar-refractivity contribution in [3.63, 3.8) is 0 Å². The highest BCUT2D eigenvalue weighted by Gasteiger charge is 2.27. The number of carbonyl (C=O) groups is 1. The fourth-order valence-electron chi connectivity index (χ4n) is 2.70. The normalized spacial score (nSPS) is 18.5. The number of aromatic nitrogens is 2. The molecule has 3 rings (SSSR count). The second kappa shape index (κ2) is 6.96. The summed E-state index contributed by atoms with van der Waals surface area (Å²) >= 11 is 5.85. The molecule has 0 radical (unpaired) electrons. The number of benzene rings is 1. The molecule has 1 unspecified atom stereocenters. The second-order valence-electron chi connectivity index (χ2n) is 5.69. The molecule has 1 aliphatic rings. The van der Waals surface area contributed by atoms with Crippen LogP contribution in [0.15, 0.2) is 34.9 Å². The number of halogens is 1. The lowest BCUT2D eigenvalue weighted by Crippen LogP contribution is -2.38. The van der Waals surface area contributed by atoms with Crippen LogP contribution in [0.25, 0.3) is 6.08 Å². The Balaban J connectivity index is 1.63. The van der Waals surface area contributed by atoms with E-state index in [4.69, 9.17) is 16.1 Å². The topological polar surface area (TPSA) is 59.2 Å². The van der Waals surface area contributed by atoms with E-state index in [0.29, 0.717) is 23.3 Å². The highest BCUT2D eigenvalue weighted by Crippen LogP contribution is 2.25. The average molecular weight is 332 g/mol. The van der Waals surface area contributed by atoms with Crippen molar-refractivity contribution >= 4 is 23.6 Å². The first-order valence-electron chi connectivity index (χ1n) is 7.64.